The van der Waals surface area contributed by atoms with E-state index in [0.29, 0.717) is 31.8 Å². The van der Waals surface area contributed by atoms with E-state index >= 15 is 0 Å². The van der Waals surface area contributed by atoms with Gasteiger partial charge in [0.1, 0.15) is 11.5 Å². The molecule has 0 aliphatic rings. The Hall–Kier alpha value is -3.90. The Morgan fingerprint density at radius 1 is 1.03 bits per heavy atom. The fraction of sp³-hybridized carbons (Fsp3) is 0. The lowest BCUT2D eigenvalue weighted by atomic mass is 10.1. The van der Waals surface area contributed by atoms with Crippen molar-refractivity contribution < 1.29 is 19.1 Å². The van der Waals surface area contributed by atoms with Gasteiger partial charge in [-0.05, 0) is 46.3 Å². The number of rotatable bonds is 6. The second kappa shape index (κ2) is 8.69. The molecule has 0 spiro atoms. The number of carbonyl (C=O) groups is 1. The Labute approximate surface area is 191 Å². The first-order valence-electron chi connectivity index (χ1n) is 8.87. The van der Waals surface area contributed by atoms with E-state index in [2.05, 4.69) is 26.5 Å². The topological polar surface area (TPSA) is 141 Å². The number of nitro groups is 2. The summed E-state index contributed by atoms with van der Waals surface area (Å²) in [7, 11) is 0. The molecule has 0 atom stereocenters. The predicted octanol–water partition coefficient (Wildman–Crippen LogP) is 5.50. The van der Waals surface area contributed by atoms with Crippen molar-refractivity contribution in [3.63, 3.8) is 0 Å². The summed E-state index contributed by atoms with van der Waals surface area (Å²) >= 11 is 4.49. The molecule has 1 amide bonds. The number of hydrogen-bond donors (Lipinski definition) is 1. The van der Waals surface area contributed by atoms with Gasteiger partial charge in [-0.1, -0.05) is 0 Å². The quantitative estimate of drug-likeness (QED) is 0.204. The van der Waals surface area contributed by atoms with Gasteiger partial charge in [0.05, 0.1) is 20.9 Å². The number of halogens is 1. The summed E-state index contributed by atoms with van der Waals surface area (Å²) in [6.07, 6.45) is 1.32. The number of furan rings is 1. The molecule has 0 aliphatic heterocycles. The molecule has 160 valence electrons. The first kappa shape index (κ1) is 21.3. The van der Waals surface area contributed by atoms with Crippen LogP contribution in [-0.2, 0) is 0 Å². The lowest BCUT2D eigenvalue weighted by Gasteiger charge is -2.00. The molecule has 1 N–H and O–H groups in total. The highest BCUT2D eigenvalue weighted by molar-refractivity contribution is 9.10. The number of hydrazone groups is 1. The molecule has 0 saturated carbocycles. The molecule has 32 heavy (non-hydrogen) atoms. The fourth-order valence-electron chi connectivity index (χ4n) is 2.85. The Balaban J connectivity index is 1.45. The van der Waals surface area contributed by atoms with Crippen molar-refractivity contribution in [1.82, 2.24) is 5.43 Å². The van der Waals surface area contributed by atoms with E-state index in [1.165, 1.54) is 41.8 Å². The number of fused-ring (bicyclic) bond motifs is 1. The lowest BCUT2D eigenvalue weighted by Crippen LogP contribution is -2.15. The SMILES string of the molecule is O=C(N/N=C/c1ccc(-c2ccc([N+](=O)[O-])cc2Br)o1)c1cc2cc([N+](=O)[O-])ccc2s1. The number of amides is 1. The number of benzene rings is 2. The summed E-state index contributed by atoms with van der Waals surface area (Å²) in [5, 5.41) is 26.2. The monoisotopic (exact) mass is 514 g/mol. The van der Waals surface area contributed by atoms with Crippen LogP contribution in [0.3, 0.4) is 0 Å². The van der Waals surface area contributed by atoms with E-state index in [4.69, 9.17) is 4.42 Å². The van der Waals surface area contributed by atoms with Crippen LogP contribution in [0.25, 0.3) is 21.4 Å². The van der Waals surface area contributed by atoms with Gasteiger partial charge in [-0.15, -0.1) is 11.3 Å². The molecule has 4 aromatic rings. The van der Waals surface area contributed by atoms with Gasteiger partial charge in [0.25, 0.3) is 17.3 Å². The van der Waals surface area contributed by atoms with Crippen molar-refractivity contribution in [2.24, 2.45) is 5.10 Å². The highest BCUT2D eigenvalue weighted by Gasteiger charge is 2.14. The zero-order chi connectivity index (χ0) is 22.8. The molecule has 0 bridgehead atoms. The highest BCUT2D eigenvalue weighted by atomic mass is 79.9. The van der Waals surface area contributed by atoms with Crippen LogP contribution in [0, 0.1) is 20.2 Å². The largest absolute Gasteiger partial charge is 0.455 e. The van der Waals surface area contributed by atoms with E-state index in [1.54, 1.807) is 30.3 Å². The van der Waals surface area contributed by atoms with Gasteiger partial charge in [-0.25, -0.2) is 5.43 Å². The summed E-state index contributed by atoms with van der Waals surface area (Å²) in [4.78, 5) is 33.5. The Morgan fingerprint density at radius 2 is 1.75 bits per heavy atom. The maximum absolute atomic E-state index is 12.3. The Morgan fingerprint density at radius 3 is 2.47 bits per heavy atom. The fourth-order valence-corrected chi connectivity index (χ4v) is 4.35. The van der Waals surface area contributed by atoms with E-state index in [9.17, 15) is 25.0 Å². The molecule has 2 aromatic heterocycles. The molecule has 0 fully saturated rings. The van der Waals surface area contributed by atoms with Crippen LogP contribution in [0.15, 0.2) is 68.6 Å². The standard InChI is InChI=1S/C20H11BrN4O6S/c21-16-9-13(25(29)30)1-4-15(16)17-5-3-14(31-17)10-22-23-20(26)19-8-11-7-12(24(27)28)2-6-18(11)32-19/h1-10H,(H,23,26)/b22-10+. The normalized spacial score (nSPS) is 11.2. The molecule has 0 radical (unpaired) electrons. The average Bonchev–Trinajstić information content (AvgIpc) is 3.40. The van der Waals surface area contributed by atoms with Crippen LogP contribution in [0.5, 0.6) is 0 Å². The lowest BCUT2D eigenvalue weighted by molar-refractivity contribution is -0.385. The molecular weight excluding hydrogens is 504 g/mol. The smallest absolute Gasteiger partial charge is 0.281 e. The third-order valence-electron chi connectivity index (χ3n) is 4.35. The first-order chi connectivity index (χ1) is 15.3. The third-order valence-corrected chi connectivity index (χ3v) is 6.12. The van der Waals surface area contributed by atoms with Gasteiger partial charge in [0.2, 0.25) is 0 Å². The van der Waals surface area contributed by atoms with Crippen molar-refractivity contribution in [3.05, 3.63) is 89.9 Å². The minimum absolute atomic E-state index is 0.0476. The van der Waals surface area contributed by atoms with Crippen LogP contribution >= 0.6 is 27.3 Å². The molecule has 2 aromatic carbocycles. The van der Waals surface area contributed by atoms with E-state index in [1.807, 2.05) is 0 Å². The number of thiophene rings is 1. The van der Waals surface area contributed by atoms with Gasteiger partial charge in [-0.3, -0.25) is 25.0 Å². The van der Waals surface area contributed by atoms with E-state index < -0.39 is 15.8 Å². The van der Waals surface area contributed by atoms with Gasteiger partial charge >= 0.3 is 0 Å². The number of nitrogens with zero attached hydrogens (tertiary/aromatic N) is 3. The zero-order valence-electron chi connectivity index (χ0n) is 15.9. The second-order valence-corrected chi connectivity index (χ2v) is 8.35. The van der Waals surface area contributed by atoms with Crippen molar-refractivity contribution in [2.75, 3.05) is 0 Å². The Bertz CT molecular complexity index is 1410. The Kier molecular flexibility index (Phi) is 5.79. The van der Waals surface area contributed by atoms with Gasteiger partial charge in [-0.2, -0.15) is 5.10 Å². The summed E-state index contributed by atoms with van der Waals surface area (Å²) in [5.41, 5.74) is 2.92. The molecule has 0 aliphatic carbocycles. The van der Waals surface area contributed by atoms with Gasteiger partial charge in [0, 0.05) is 44.4 Å². The van der Waals surface area contributed by atoms with Crippen molar-refractivity contribution in [3.8, 4) is 11.3 Å². The zero-order valence-corrected chi connectivity index (χ0v) is 18.3. The minimum atomic E-state index is -0.492. The number of nitro benzene ring substituents is 2. The predicted molar refractivity (Wildman–Crippen MR) is 122 cm³/mol. The molecule has 0 unspecified atom stereocenters. The van der Waals surface area contributed by atoms with Crippen LogP contribution in [0.2, 0.25) is 0 Å². The van der Waals surface area contributed by atoms with Crippen LogP contribution in [-0.4, -0.2) is 22.0 Å². The van der Waals surface area contributed by atoms with Crippen molar-refractivity contribution in [2.45, 2.75) is 0 Å². The molecular formula is C20H11BrN4O6S. The third kappa shape index (κ3) is 4.40. The average molecular weight is 515 g/mol. The number of carbonyl (C=O) groups excluding carboxylic acids is 1. The molecule has 4 rings (SSSR count). The highest BCUT2D eigenvalue weighted by Crippen LogP contribution is 2.32. The molecule has 12 heteroatoms. The number of non-ortho nitro benzene ring substituents is 2. The summed E-state index contributed by atoms with van der Waals surface area (Å²) in [6.45, 7) is 0. The van der Waals surface area contributed by atoms with Gasteiger partial charge in [0.15, 0.2) is 0 Å². The maximum Gasteiger partial charge on any atom is 0.281 e. The molecule has 0 saturated heterocycles. The summed E-state index contributed by atoms with van der Waals surface area (Å²) < 4.78 is 6.91. The van der Waals surface area contributed by atoms with E-state index in [-0.39, 0.29) is 11.4 Å². The van der Waals surface area contributed by atoms with Crippen molar-refractivity contribution in [1.29, 1.82) is 0 Å². The minimum Gasteiger partial charge on any atom is -0.455 e. The van der Waals surface area contributed by atoms with Crippen molar-refractivity contribution >= 4 is 60.8 Å². The summed E-state index contributed by atoms with van der Waals surface area (Å²) in [6, 6.07) is 13.6. The van der Waals surface area contributed by atoms with E-state index in [0.717, 1.165) is 4.70 Å². The molecule has 10 nitrogen and oxygen atoms in total. The van der Waals surface area contributed by atoms with Crippen LogP contribution in [0.1, 0.15) is 15.4 Å². The summed E-state index contributed by atoms with van der Waals surface area (Å²) in [5.74, 6) is 0.359. The first-order valence-corrected chi connectivity index (χ1v) is 10.5. The second-order valence-electron chi connectivity index (χ2n) is 6.41. The number of hydrogen-bond acceptors (Lipinski definition) is 8. The maximum atomic E-state index is 12.3. The van der Waals surface area contributed by atoms with Gasteiger partial charge < -0.3 is 4.42 Å². The van der Waals surface area contributed by atoms with Crippen LogP contribution in [0.4, 0.5) is 11.4 Å². The number of nitrogens with one attached hydrogen (secondary N) is 1. The molecule has 2 heterocycles. The van der Waals surface area contributed by atoms with Crippen LogP contribution < -0.4 is 5.43 Å².